The number of carbonyl (C=O) groups excluding carboxylic acids is 2. The summed E-state index contributed by atoms with van der Waals surface area (Å²) in [7, 11) is 0. The van der Waals surface area contributed by atoms with Gasteiger partial charge in [-0.25, -0.2) is 4.79 Å². The normalized spacial score (nSPS) is 21.5. The lowest BCUT2D eigenvalue weighted by Gasteiger charge is -2.36. The van der Waals surface area contributed by atoms with Crippen molar-refractivity contribution >= 4 is 11.8 Å². The van der Waals surface area contributed by atoms with Crippen LogP contribution in [0.5, 0.6) is 0 Å². The van der Waals surface area contributed by atoms with Crippen LogP contribution in [0, 0.1) is 5.92 Å². The van der Waals surface area contributed by atoms with Crippen molar-refractivity contribution in [3.8, 4) is 0 Å². The number of nitrogens with zero attached hydrogens (tertiary/aromatic N) is 1. The van der Waals surface area contributed by atoms with E-state index in [4.69, 9.17) is 4.74 Å². The van der Waals surface area contributed by atoms with Gasteiger partial charge in [0.2, 0.25) is 0 Å². The van der Waals surface area contributed by atoms with Crippen LogP contribution < -0.4 is 0 Å². The molecule has 0 aromatic heterocycles. The van der Waals surface area contributed by atoms with Crippen molar-refractivity contribution in [1.29, 1.82) is 0 Å². The number of hydrogen-bond donors (Lipinski definition) is 0. The van der Waals surface area contributed by atoms with Crippen molar-refractivity contribution in [3.63, 3.8) is 0 Å². The van der Waals surface area contributed by atoms with Crippen LogP contribution in [0.4, 0.5) is 0 Å². The Kier molecular flexibility index (Phi) is 5.00. The van der Waals surface area contributed by atoms with E-state index >= 15 is 0 Å². The molecule has 0 aromatic carbocycles. The molecule has 0 aliphatic carbocycles. The molecule has 3 rings (SSSR count). The molecule has 4 nitrogen and oxygen atoms in total. The molecule has 3 heterocycles. The third-order valence-electron chi connectivity index (χ3n) is 3.87. The third-order valence-corrected chi connectivity index (χ3v) is 3.87. The van der Waals surface area contributed by atoms with E-state index in [0.717, 1.165) is 25.8 Å². The fourth-order valence-corrected chi connectivity index (χ4v) is 2.72. The second-order valence-corrected chi connectivity index (χ2v) is 5.41. The number of unbranched alkanes of at least 4 members (excludes halogenated alkanes) is 4. The lowest BCUT2D eigenvalue weighted by Crippen LogP contribution is -2.45. The molecule has 2 bridgehead atoms. The van der Waals surface area contributed by atoms with E-state index in [0.29, 0.717) is 18.7 Å². The van der Waals surface area contributed by atoms with E-state index in [1.807, 2.05) is 11.1 Å². The maximum atomic E-state index is 12.0. The zero-order valence-electron chi connectivity index (χ0n) is 11.7. The Bertz CT molecular complexity index is 376. The van der Waals surface area contributed by atoms with Gasteiger partial charge in [-0.3, -0.25) is 4.79 Å². The number of rotatable bonds is 7. The minimum absolute atomic E-state index is 0.156. The molecule has 0 saturated carbocycles. The average Bonchev–Trinajstić information content (AvgIpc) is 2.42. The minimum Gasteiger partial charge on any atom is -0.462 e. The lowest BCUT2D eigenvalue weighted by molar-refractivity contribution is -0.142. The molecule has 0 spiro atoms. The number of ketones is 1. The van der Waals surface area contributed by atoms with Crippen LogP contribution in [0.2, 0.25) is 0 Å². The summed E-state index contributed by atoms with van der Waals surface area (Å²) in [6.45, 7) is 3.99. The highest BCUT2D eigenvalue weighted by atomic mass is 16.5. The minimum atomic E-state index is -0.293. The smallest absolute Gasteiger partial charge is 0.336 e. The van der Waals surface area contributed by atoms with Crippen molar-refractivity contribution in [2.75, 3.05) is 19.7 Å². The summed E-state index contributed by atoms with van der Waals surface area (Å²) in [5, 5.41) is 0. The summed E-state index contributed by atoms with van der Waals surface area (Å²) in [5.74, 6) is -0.348. The Morgan fingerprint density at radius 1 is 1.37 bits per heavy atom. The number of carbonyl (C=O) groups is 2. The Labute approximate surface area is 114 Å². The highest BCUT2D eigenvalue weighted by molar-refractivity contribution is 6.00. The predicted octanol–water partition coefficient (Wildman–Crippen LogP) is 2.29. The monoisotopic (exact) mass is 265 g/mol. The van der Waals surface area contributed by atoms with E-state index in [1.165, 1.54) is 19.3 Å². The Balaban J connectivity index is 1.73. The second-order valence-electron chi connectivity index (χ2n) is 5.41. The van der Waals surface area contributed by atoms with Gasteiger partial charge in [-0.05, 0) is 12.8 Å². The SMILES string of the molecule is CCCCCCCOC(=O)C1=CN2CCC1C(=O)C2. The number of ether oxygens (including phenoxy) is 1. The molecule has 1 atom stereocenters. The van der Waals surface area contributed by atoms with Gasteiger partial charge in [0.25, 0.3) is 0 Å². The third kappa shape index (κ3) is 3.58. The molecule has 1 unspecified atom stereocenters. The second kappa shape index (κ2) is 6.73. The molecule has 4 heteroatoms. The fourth-order valence-electron chi connectivity index (χ4n) is 2.72. The largest absolute Gasteiger partial charge is 0.462 e. The number of piperidine rings is 1. The maximum Gasteiger partial charge on any atom is 0.336 e. The first-order valence-corrected chi connectivity index (χ1v) is 7.38. The van der Waals surface area contributed by atoms with Gasteiger partial charge in [-0.2, -0.15) is 0 Å². The summed E-state index contributed by atoms with van der Waals surface area (Å²) in [4.78, 5) is 25.6. The molecule has 3 aliphatic heterocycles. The number of fused-ring (bicyclic) bond motifs is 2. The summed E-state index contributed by atoms with van der Waals surface area (Å²) in [5.41, 5.74) is 0.566. The van der Waals surface area contributed by atoms with Crippen molar-refractivity contribution < 1.29 is 14.3 Å². The Morgan fingerprint density at radius 3 is 2.84 bits per heavy atom. The van der Waals surface area contributed by atoms with Crippen molar-refractivity contribution in [3.05, 3.63) is 11.8 Å². The van der Waals surface area contributed by atoms with Crippen LogP contribution in [0.3, 0.4) is 0 Å². The molecule has 0 N–H and O–H groups in total. The quantitative estimate of drug-likeness (QED) is 0.523. The molecule has 0 aromatic rings. The molecule has 1 saturated heterocycles. The fraction of sp³-hybridized carbons (Fsp3) is 0.733. The zero-order valence-corrected chi connectivity index (χ0v) is 11.7. The van der Waals surface area contributed by atoms with Gasteiger partial charge in [0.1, 0.15) is 0 Å². The molecule has 19 heavy (non-hydrogen) atoms. The van der Waals surface area contributed by atoms with E-state index in [9.17, 15) is 9.59 Å². The van der Waals surface area contributed by atoms with Gasteiger partial charge in [0.05, 0.1) is 24.6 Å². The van der Waals surface area contributed by atoms with E-state index in [-0.39, 0.29) is 17.7 Å². The molecular weight excluding hydrogens is 242 g/mol. The molecule has 1 fully saturated rings. The highest BCUT2D eigenvalue weighted by Gasteiger charge is 2.37. The molecular formula is C15H23NO3. The van der Waals surface area contributed by atoms with Gasteiger partial charge < -0.3 is 9.64 Å². The van der Waals surface area contributed by atoms with Crippen LogP contribution in [0.25, 0.3) is 0 Å². The summed E-state index contributed by atoms with van der Waals surface area (Å²) < 4.78 is 5.28. The lowest BCUT2D eigenvalue weighted by atomic mass is 9.85. The van der Waals surface area contributed by atoms with Crippen LogP contribution in [0.15, 0.2) is 11.8 Å². The van der Waals surface area contributed by atoms with E-state index < -0.39 is 0 Å². The molecule has 0 amide bonds. The predicted molar refractivity (Wildman–Crippen MR) is 72.5 cm³/mol. The van der Waals surface area contributed by atoms with Crippen molar-refractivity contribution in [2.45, 2.75) is 45.4 Å². The van der Waals surface area contributed by atoms with Crippen LogP contribution in [0.1, 0.15) is 45.4 Å². The first kappa shape index (κ1) is 14.1. The zero-order chi connectivity index (χ0) is 13.7. The van der Waals surface area contributed by atoms with Crippen LogP contribution in [-0.4, -0.2) is 36.3 Å². The van der Waals surface area contributed by atoms with Gasteiger partial charge in [-0.1, -0.05) is 32.6 Å². The standard InChI is InChI=1S/C15H23NO3/c1-2-3-4-5-6-9-19-15(18)13-10-16-8-7-12(13)14(17)11-16/h10,12H,2-9,11H2,1H3. The summed E-state index contributed by atoms with van der Waals surface area (Å²) >= 11 is 0. The Morgan fingerprint density at radius 2 is 2.16 bits per heavy atom. The first-order chi connectivity index (χ1) is 9.22. The van der Waals surface area contributed by atoms with Gasteiger partial charge in [-0.15, -0.1) is 0 Å². The first-order valence-electron chi connectivity index (χ1n) is 7.38. The Hall–Kier alpha value is -1.32. The summed E-state index contributed by atoms with van der Waals surface area (Å²) in [6.07, 6.45) is 8.25. The van der Waals surface area contributed by atoms with Crippen LogP contribution in [-0.2, 0) is 14.3 Å². The van der Waals surface area contributed by atoms with E-state index in [1.54, 1.807) is 0 Å². The average molecular weight is 265 g/mol. The van der Waals surface area contributed by atoms with E-state index in [2.05, 4.69) is 6.92 Å². The maximum absolute atomic E-state index is 12.0. The topological polar surface area (TPSA) is 46.6 Å². The van der Waals surface area contributed by atoms with Gasteiger partial charge >= 0.3 is 5.97 Å². The van der Waals surface area contributed by atoms with Gasteiger partial charge in [0, 0.05) is 12.7 Å². The van der Waals surface area contributed by atoms with Crippen LogP contribution >= 0.6 is 0 Å². The summed E-state index contributed by atoms with van der Waals surface area (Å²) in [6, 6.07) is 0. The number of Topliss-reactive ketones (excluding diaryl/α,β-unsaturated/α-hetero) is 1. The van der Waals surface area contributed by atoms with Crippen molar-refractivity contribution in [2.24, 2.45) is 5.92 Å². The molecule has 0 radical (unpaired) electrons. The van der Waals surface area contributed by atoms with Crippen molar-refractivity contribution in [1.82, 2.24) is 4.90 Å². The number of hydrogen-bond acceptors (Lipinski definition) is 4. The number of esters is 1. The van der Waals surface area contributed by atoms with Gasteiger partial charge in [0.15, 0.2) is 5.78 Å². The highest BCUT2D eigenvalue weighted by Crippen LogP contribution is 2.29. The molecule has 106 valence electrons. The molecule has 3 aliphatic rings.